The lowest BCUT2D eigenvalue weighted by Crippen LogP contribution is -2.21. The number of aromatic nitrogens is 1. The van der Waals surface area contributed by atoms with E-state index in [0.717, 1.165) is 24.7 Å². The van der Waals surface area contributed by atoms with E-state index in [1.807, 2.05) is 13.1 Å². The summed E-state index contributed by atoms with van der Waals surface area (Å²) in [5.41, 5.74) is 0.0866. The molecule has 0 aromatic carbocycles. The minimum Gasteiger partial charge on any atom is -0.371 e. The lowest BCUT2D eigenvalue weighted by Gasteiger charge is -2.28. The number of rotatable bonds is 6. The van der Waals surface area contributed by atoms with Crippen LogP contribution in [0.5, 0.6) is 0 Å². The fraction of sp³-hybridized carbons (Fsp3) is 0.769. The minimum atomic E-state index is 0.0866. The number of hydrogen-bond acceptors (Lipinski definition) is 4. The van der Waals surface area contributed by atoms with Gasteiger partial charge in [0, 0.05) is 24.2 Å². The van der Waals surface area contributed by atoms with Crippen LogP contribution in [0.15, 0.2) is 6.20 Å². The Morgan fingerprint density at radius 2 is 2.12 bits per heavy atom. The zero-order chi connectivity index (χ0) is 12.9. The largest absolute Gasteiger partial charge is 0.371 e. The smallest absolute Gasteiger partial charge is 0.122 e. The maximum absolute atomic E-state index is 5.84. The summed E-state index contributed by atoms with van der Waals surface area (Å²) in [6, 6.07) is 0. The van der Waals surface area contributed by atoms with Crippen LogP contribution in [0, 0.1) is 5.41 Å². The highest BCUT2D eigenvalue weighted by atomic mass is 32.1. The molecular formula is C13H24N2OS. The van der Waals surface area contributed by atoms with Gasteiger partial charge in [-0.1, -0.05) is 27.7 Å². The van der Waals surface area contributed by atoms with Gasteiger partial charge >= 0.3 is 0 Å². The average molecular weight is 256 g/mol. The molecule has 0 saturated heterocycles. The van der Waals surface area contributed by atoms with Gasteiger partial charge in [-0.15, -0.1) is 11.3 Å². The van der Waals surface area contributed by atoms with Gasteiger partial charge in [0.2, 0.25) is 0 Å². The molecule has 0 amide bonds. The van der Waals surface area contributed by atoms with Crippen molar-refractivity contribution in [1.29, 1.82) is 0 Å². The highest BCUT2D eigenvalue weighted by molar-refractivity contribution is 7.11. The van der Waals surface area contributed by atoms with Crippen molar-refractivity contribution in [3.05, 3.63) is 16.1 Å². The third-order valence-electron chi connectivity index (χ3n) is 2.46. The van der Waals surface area contributed by atoms with E-state index < -0.39 is 0 Å². The summed E-state index contributed by atoms with van der Waals surface area (Å²) < 4.78 is 5.84. The van der Waals surface area contributed by atoms with E-state index >= 15 is 0 Å². The first kappa shape index (κ1) is 14.6. The van der Waals surface area contributed by atoms with Crippen molar-refractivity contribution in [1.82, 2.24) is 10.3 Å². The van der Waals surface area contributed by atoms with Gasteiger partial charge in [0.05, 0.1) is 0 Å². The molecule has 98 valence electrons. The van der Waals surface area contributed by atoms with E-state index in [0.29, 0.717) is 0 Å². The van der Waals surface area contributed by atoms with E-state index in [1.54, 1.807) is 11.3 Å². The molecule has 0 aliphatic heterocycles. The van der Waals surface area contributed by atoms with Gasteiger partial charge in [-0.2, -0.15) is 0 Å². The molecule has 1 unspecified atom stereocenters. The topological polar surface area (TPSA) is 34.2 Å². The van der Waals surface area contributed by atoms with Crippen molar-refractivity contribution in [2.45, 2.75) is 47.3 Å². The lowest BCUT2D eigenvalue weighted by molar-refractivity contribution is -0.0133. The average Bonchev–Trinajstić information content (AvgIpc) is 2.69. The summed E-state index contributed by atoms with van der Waals surface area (Å²) in [5.74, 6) is 0. The lowest BCUT2D eigenvalue weighted by atomic mass is 9.89. The Bertz CT molecular complexity index is 330. The quantitative estimate of drug-likeness (QED) is 0.847. The van der Waals surface area contributed by atoms with Crippen LogP contribution < -0.4 is 5.32 Å². The second-order valence-corrected chi connectivity index (χ2v) is 6.29. The Kier molecular flexibility index (Phi) is 5.56. The van der Waals surface area contributed by atoms with Crippen LogP contribution in [0.4, 0.5) is 0 Å². The summed E-state index contributed by atoms with van der Waals surface area (Å²) >= 11 is 1.75. The van der Waals surface area contributed by atoms with Gasteiger partial charge < -0.3 is 10.1 Å². The van der Waals surface area contributed by atoms with Gasteiger partial charge in [-0.3, -0.25) is 0 Å². The normalized spacial score (nSPS) is 13.9. The number of thiazole rings is 1. The molecule has 0 saturated carbocycles. The zero-order valence-electron chi connectivity index (χ0n) is 11.5. The predicted molar refractivity (Wildman–Crippen MR) is 73.3 cm³/mol. The Labute approximate surface area is 109 Å². The monoisotopic (exact) mass is 256 g/mol. The molecule has 0 spiro atoms. The molecule has 1 aromatic heterocycles. The fourth-order valence-electron chi connectivity index (χ4n) is 1.63. The van der Waals surface area contributed by atoms with Crippen molar-refractivity contribution in [2.24, 2.45) is 5.41 Å². The maximum atomic E-state index is 5.84. The summed E-state index contributed by atoms with van der Waals surface area (Å²) in [6.07, 6.45) is 2.05. The first-order chi connectivity index (χ1) is 7.99. The minimum absolute atomic E-state index is 0.0866. The van der Waals surface area contributed by atoms with E-state index in [4.69, 9.17) is 4.74 Å². The zero-order valence-corrected chi connectivity index (χ0v) is 12.4. The van der Waals surface area contributed by atoms with Crippen LogP contribution in [0.2, 0.25) is 0 Å². The number of ether oxygens (including phenoxy) is 1. The summed E-state index contributed by atoms with van der Waals surface area (Å²) in [6.45, 7) is 13.3. The molecule has 1 heterocycles. The summed E-state index contributed by atoms with van der Waals surface area (Å²) in [7, 11) is 0. The molecule has 1 N–H and O–H groups in total. The van der Waals surface area contributed by atoms with Crippen LogP contribution in [-0.2, 0) is 11.3 Å². The second-order valence-electron chi connectivity index (χ2n) is 5.15. The molecule has 17 heavy (non-hydrogen) atoms. The van der Waals surface area contributed by atoms with Crippen LogP contribution in [0.3, 0.4) is 0 Å². The molecule has 1 atom stereocenters. The van der Waals surface area contributed by atoms with Crippen LogP contribution in [0.25, 0.3) is 0 Å². The van der Waals surface area contributed by atoms with Gasteiger partial charge in [-0.25, -0.2) is 4.98 Å². The summed E-state index contributed by atoms with van der Waals surface area (Å²) in [5, 5.41) is 4.41. The number of nitrogens with one attached hydrogen (secondary N) is 1. The second kappa shape index (κ2) is 6.47. The van der Waals surface area contributed by atoms with Gasteiger partial charge in [-0.05, 0) is 18.9 Å². The molecule has 0 fully saturated rings. The van der Waals surface area contributed by atoms with Crippen molar-refractivity contribution >= 4 is 11.3 Å². The molecule has 0 radical (unpaired) electrons. The van der Waals surface area contributed by atoms with Gasteiger partial charge in [0.1, 0.15) is 11.1 Å². The fourth-order valence-corrected chi connectivity index (χ4v) is 2.81. The number of hydrogen-bond donors (Lipinski definition) is 1. The van der Waals surface area contributed by atoms with Crippen molar-refractivity contribution in [2.75, 3.05) is 13.2 Å². The van der Waals surface area contributed by atoms with E-state index in [1.165, 1.54) is 4.88 Å². The molecule has 4 heteroatoms. The van der Waals surface area contributed by atoms with Crippen LogP contribution in [-0.4, -0.2) is 18.1 Å². The molecule has 0 bridgehead atoms. The van der Waals surface area contributed by atoms with E-state index in [2.05, 4.69) is 38.0 Å². The first-order valence-electron chi connectivity index (χ1n) is 6.26. The summed E-state index contributed by atoms with van der Waals surface area (Å²) in [4.78, 5) is 5.78. The van der Waals surface area contributed by atoms with Crippen molar-refractivity contribution in [3.63, 3.8) is 0 Å². The molecular weight excluding hydrogens is 232 g/mol. The Hall–Kier alpha value is -0.450. The van der Waals surface area contributed by atoms with Crippen LogP contribution in [0.1, 0.15) is 50.6 Å². The molecule has 0 aliphatic rings. The van der Waals surface area contributed by atoms with E-state index in [9.17, 15) is 0 Å². The third-order valence-corrected chi connectivity index (χ3v) is 3.51. The molecule has 0 aliphatic carbocycles. The van der Waals surface area contributed by atoms with Crippen molar-refractivity contribution in [3.8, 4) is 0 Å². The van der Waals surface area contributed by atoms with Gasteiger partial charge in [0.15, 0.2) is 0 Å². The maximum Gasteiger partial charge on any atom is 0.122 e. The third kappa shape index (κ3) is 4.37. The number of nitrogens with zero attached hydrogens (tertiary/aromatic N) is 1. The Morgan fingerprint density at radius 1 is 1.41 bits per heavy atom. The highest BCUT2D eigenvalue weighted by Gasteiger charge is 2.29. The Balaban J connectivity index is 2.77. The molecule has 3 nitrogen and oxygen atoms in total. The molecule has 1 rings (SSSR count). The highest BCUT2D eigenvalue weighted by Crippen LogP contribution is 2.37. The molecule has 1 aromatic rings. The first-order valence-corrected chi connectivity index (χ1v) is 7.07. The van der Waals surface area contributed by atoms with E-state index in [-0.39, 0.29) is 11.5 Å². The predicted octanol–water partition coefficient (Wildman–Crippen LogP) is 3.38. The van der Waals surface area contributed by atoms with Crippen molar-refractivity contribution < 1.29 is 4.74 Å². The SMILES string of the molecule is CCNCc1cnc(C(OCC)C(C)(C)C)s1. The standard InChI is InChI=1S/C13H24N2OS/c1-6-14-8-10-9-15-12(17-10)11(16-7-2)13(3,4)5/h9,11,14H,6-8H2,1-5H3. The van der Waals surface area contributed by atoms with Gasteiger partial charge in [0.25, 0.3) is 0 Å². The Morgan fingerprint density at radius 3 is 2.65 bits per heavy atom. The van der Waals surface area contributed by atoms with Crippen LogP contribution >= 0.6 is 11.3 Å².